The molecule has 1 saturated carbocycles. The van der Waals surface area contributed by atoms with Crippen LogP contribution in [0.5, 0.6) is 0 Å². The largest absolute Gasteiger partial charge is 0.329 e. The second-order valence-corrected chi connectivity index (χ2v) is 6.83. The maximum absolute atomic E-state index is 12.7. The van der Waals surface area contributed by atoms with Gasteiger partial charge in [-0.1, -0.05) is 19.8 Å². The van der Waals surface area contributed by atoms with Crippen LogP contribution in [0.1, 0.15) is 58.3 Å². The first kappa shape index (κ1) is 13.9. The molecule has 0 spiro atoms. The Hall–Kier alpha value is -1.06. The highest BCUT2D eigenvalue weighted by atomic mass is 16.2. The molecular formula is C16H26N2O2. The predicted octanol–water partition coefficient (Wildman–Crippen LogP) is 2.18. The second-order valence-electron chi connectivity index (χ2n) is 6.83. The van der Waals surface area contributed by atoms with E-state index in [0.717, 1.165) is 44.6 Å². The van der Waals surface area contributed by atoms with Gasteiger partial charge < -0.3 is 9.80 Å². The summed E-state index contributed by atoms with van der Waals surface area (Å²) >= 11 is 0. The molecule has 0 aromatic rings. The van der Waals surface area contributed by atoms with E-state index in [9.17, 15) is 9.59 Å². The average Bonchev–Trinajstić information content (AvgIpc) is 2.68. The van der Waals surface area contributed by atoms with Crippen LogP contribution in [0.25, 0.3) is 0 Å². The van der Waals surface area contributed by atoms with Crippen molar-refractivity contribution in [3.8, 4) is 0 Å². The van der Waals surface area contributed by atoms with Crippen molar-refractivity contribution in [1.29, 1.82) is 0 Å². The van der Waals surface area contributed by atoms with Crippen molar-refractivity contribution in [3.63, 3.8) is 0 Å². The van der Waals surface area contributed by atoms with Crippen molar-refractivity contribution in [2.24, 2.45) is 5.92 Å². The summed E-state index contributed by atoms with van der Waals surface area (Å²) < 4.78 is 0. The quantitative estimate of drug-likeness (QED) is 0.690. The Balaban J connectivity index is 1.73. The Bertz CT molecular complexity index is 396. The Morgan fingerprint density at radius 2 is 1.75 bits per heavy atom. The van der Waals surface area contributed by atoms with Gasteiger partial charge in [-0.3, -0.25) is 9.59 Å². The minimum absolute atomic E-state index is 0.148. The first-order valence-corrected chi connectivity index (χ1v) is 8.27. The number of rotatable bonds is 1. The van der Waals surface area contributed by atoms with Crippen LogP contribution < -0.4 is 0 Å². The summed E-state index contributed by atoms with van der Waals surface area (Å²) in [6, 6.07) is 0.158. The van der Waals surface area contributed by atoms with E-state index < -0.39 is 0 Å². The molecule has 0 bridgehead atoms. The van der Waals surface area contributed by atoms with Gasteiger partial charge in [-0.25, -0.2) is 0 Å². The van der Waals surface area contributed by atoms with Crippen molar-refractivity contribution < 1.29 is 9.59 Å². The van der Waals surface area contributed by atoms with Gasteiger partial charge in [0.25, 0.3) is 0 Å². The van der Waals surface area contributed by atoms with Gasteiger partial charge >= 0.3 is 0 Å². The van der Waals surface area contributed by atoms with E-state index in [-0.39, 0.29) is 17.9 Å². The molecule has 0 aromatic carbocycles. The number of carbonyl (C=O) groups excluding carboxylic acids is 2. The number of carbonyl (C=O) groups is 2. The standard InChI is InChI=1S/C16H26N2O2/c1-12-5-4-6-13(9-8-12)18-11-15(19)17-10-3-2-7-14(17)16(18)20/h12-14H,2-11H2,1H3. The van der Waals surface area contributed by atoms with E-state index in [1.54, 1.807) is 0 Å². The number of hydrogen-bond acceptors (Lipinski definition) is 2. The molecule has 20 heavy (non-hydrogen) atoms. The third kappa shape index (κ3) is 2.57. The molecule has 0 aromatic heterocycles. The molecule has 3 rings (SSSR count). The number of fused-ring (bicyclic) bond motifs is 1. The van der Waals surface area contributed by atoms with E-state index >= 15 is 0 Å². The van der Waals surface area contributed by atoms with Crippen LogP contribution in [0.2, 0.25) is 0 Å². The Morgan fingerprint density at radius 3 is 2.60 bits per heavy atom. The summed E-state index contributed by atoms with van der Waals surface area (Å²) in [6.45, 7) is 3.41. The SMILES string of the molecule is CC1CCCC(N2CC(=O)N3CCCCC3C2=O)CC1. The van der Waals surface area contributed by atoms with E-state index in [4.69, 9.17) is 0 Å². The molecule has 3 atom stereocenters. The van der Waals surface area contributed by atoms with Gasteiger partial charge in [0.2, 0.25) is 11.8 Å². The topological polar surface area (TPSA) is 40.6 Å². The highest BCUT2D eigenvalue weighted by molar-refractivity contribution is 5.95. The number of piperazine rings is 1. The van der Waals surface area contributed by atoms with Crippen molar-refractivity contribution >= 4 is 11.8 Å². The van der Waals surface area contributed by atoms with Crippen LogP contribution in [0.3, 0.4) is 0 Å². The molecule has 112 valence electrons. The predicted molar refractivity (Wildman–Crippen MR) is 77.1 cm³/mol. The fourth-order valence-electron chi connectivity index (χ4n) is 4.08. The molecule has 4 nitrogen and oxygen atoms in total. The van der Waals surface area contributed by atoms with Gasteiger partial charge in [-0.2, -0.15) is 0 Å². The van der Waals surface area contributed by atoms with Crippen LogP contribution in [0.4, 0.5) is 0 Å². The van der Waals surface area contributed by atoms with Gasteiger partial charge in [0.15, 0.2) is 0 Å². The molecule has 2 aliphatic heterocycles. The first-order valence-electron chi connectivity index (χ1n) is 8.27. The summed E-state index contributed by atoms with van der Waals surface area (Å²) in [5, 5.41) is 0. The minimum atomic E-state index is -0.148. The number of nitrogens with zero attached hydrogens (tertiary/aromatic N) is 2. The molecular weight excluding hydrogens is 252 g/mol. The van der Waals surface area contributed by atoms with Crippen molar-refractivity contribution in [2.75, 3.05) is 13.1 Å². The maximum Gasteiger partial charge on any atom is 0.246 e. The van der Waals surface area contributed by atoms with Gasteiger partial charge in [-0.05, 0) is 44.4 Å². The summed E-state index contributed by atoms with van der Waals surface area (Å²) in [6.07, 6.45) is 8.80. The van der Waals surface area contributed by atoms with Crippen LogP contribution in [0.15, 0.2) is 0 Å². The van der Waals surface area contributed by atoms with Crippen LogP contribution in [-0.4, -0.2) is 46.8 Å². The summed E-state index contributed by atoms with van der Waals surface area (Å²) in [5.41, 5.74) is 0. The number of amides is 2. The number of hydrogen-bond donors (Lipinski definition) is 0. The Labute approximate surface area is 121 Å². The summed E-state index contributed by atoms with van der Waals surface area (Å²) in [4.78, 5) is 28.8. The van der Waals surface area contributed by atoms with Crippen molar-refractivity contribution in [2.45, 2.75) is 70.4 Å². The molecule has 3 fully saturated rings. The minimum Gasteiger partial charge on any atom is -0.329 e. The van der Waals surface area contributed by atoms with Crippen LogP contribution >= 0.6 is 0 Å². The zero-order chi connectivity index (χ0) is 14.1. The molecule has 2 saturated heterocycles. The molecule has 1 aliphatic carbocycles. The van der Waals surface area contributed by atoms with E-state index in [1.807, 2.05) is 9.80 Å². The highest BCUT2D eigenvalue weighted by Gasteiger charge is 2.42. The van der Waals surface area contributed by atoms with Gasteiger partial charge in [0.1, 0.15) is 12.6 Å². The number of piperidine rings is 1. The molecule has 2 heterocycles. The first-order chi connectivity index (χ1) is 9.66. The van der Waals surface area contributed by atoms with Gasteiger partial charge in [0, 0.05) is 12.6 Å². The van der Waals surface area contributed by atoms with Gasteiger partial charge in [-0.15, -0.1) is 0 Å². The van der Waals surface area contributed by atoms with Crippen LogP contribution in [-0.2, 0) is 9.59 Å². The Kier molecular flexibility index (Phi) is 3.99. The van der Waals surface area contributed by atoms with E-state index in [0.29, 0.717) is 12.6 Å². The van der Waals surface area contributed by atoms with Crippen molar-refractivity contribution in [1.82, 2.24) is 9.80 Å². The smallest absolute Gasteiger partial charge is 0.246 e. The lowest BCUT2D eigenvalue weighted by Crippen LogP contribution is -2.63. The lowest BCUT2D eigenvalue weighted by molar-refractivity contribution is -0.160. The molecule has 3 aliphatic rings. The van der Waals surface area contributed by atoms with Crippen molar-refractivity contribution in [3.05, 3.63) is 0 Å². The fourth-order valence-corrected chi connectivity index (χ4v) is 4.08. The lowest BCUT2D eigenvalue weighted by atomic mass is 9.95. The van der Waals surface area contributed by atoms with Gasteiger partial charge in [0.05, 0.1) is 0 Å². The average molecular weight is 278 g/mol. The second kappa shape index (κ2) is 5.74. The van der Waals surface area contributed by atoms with E-state index in [2.05, 4.69) is 6.92 Å². The third-order valence-corrected chi connectivity index (χ3v) is 5.36. The highest BCUT2D eigenvalue weighted by Crippen LogP contribution is 2.30. The van der Waals surface area contributed by atoms with Crippen LogP contribution in [0, 0.1) is 5.92 Å². The molecule has 3 unspecified atom stereocenters. The molecule has 4 heteroatoms. The Morgan fingerprint density at radius 1 is 0.900 bits per heavy atom. The molecule has 0 N–H and O–H groups in total. The zero-order valence-electron chi connectivity index (χ0n) is 12.5. The summed E-state index contributed by atoms with van der Waals surface area (Å²) in [5.74, 6) is 1.16. The normalized spacial score (nSPS) is 35.8. The fraction of sp³-hybridized carbons (Fsp3) is 0.875. The zero-order valence-corrected chi connectivity index (χ0v) is 12.5. The van der Waals surface area contributed by atoms with E-state index in [1.165, 1.54) is 19.3 Å². The monoisotopic (exact) mass is 278 g/mol. The maximum atomic E-state index is 12.7. The molecule has 0 radical (unpaired) electrons. The molecule has 2 amide bonds. The lowest BCUT2D eigenvalue weighted by Gasteiger charge is -2.45. The third-order valence-electron chi connectivity index (χ3n) is 5.36. The summed E-state index contributed by atoms with van der Waals surface area (Å²) in [7, 11) is 0.